The molecule has 0 fully saturated rings. The van der Waals surface area contributed by atoms with E-state index in [0.717, 1.165) is 18.4 Å². The molecule has 0 radical (unpaired) electrons. The normalized spacial score (nSPS) is 12.5. The van der Waals surface area contributed by atoms with Crippen LogP contribution in [0.1, 0.15) is 18.9 Å². The Kier molecular flexibility index (Phi) is 5.60. The number of rotatable bonds is 6. The predicted molar refractivity (Wildman–Crippen MR) is 65.9 cm³/mol. The van der Waals surface area contributed by atoms with E-state index < -0.39 is 0 Å². The van der Waals surface area contributed by atoms with E-state index in [-0.39, 0.29) is 12.8 Å². The molecule has 0 amide bonds. The molecule has 90 valence electrons. The smallest absolute Gasteiger partial charge is 0.188 e. The minimum absolute atomic E-state index is 0.182. The zero-order valence-electron chi connectivity index (χ0n) is 9.70. The summed E-state index contributed by atoms with van der Waals surface area (Å²) < 4.78 is 10.1. The van der Waals surface area contributed by atoms with Crippen LogP contribution in [0.4, 0.5) is 0 Å². The van der Waals surface area contributed by atoms with E-state index in [4.69, 9.17) is 26.8 Å². The lowest BCUT2D eigenvalue weighted by molar-refractivity contribution is 0.0512. The second-order valence-corrected chi connectivity index (χ2v) is 4.10. The number of methoxy groups -OCH3 is 1. The Bertz CT molecular complexity index is 331. The number of halogens is 1. The van der Waals surface area contributed by atoms with Crippen molar-refractivity contribution in [2.45, 2.75) is 25.8 Å². The number of ether oxygens (including phenoxy) is 2. The van der Waals surface area contributed by atoms with Crippen LogP contribution in [-0.2, 0) is 11.2 Å². The fourth-order valence-electron chi connectivity index (χ4n) is 1.36. The fraction of sp³-hybridized carbons (Fsp3) is 0.500. The van der Waals surface area contributed by atoms with Gasteiger partial charge in [0.1, 0.15) is 5.75 Å². The highest BCUT2D eigenvalue weighted by atomic mass is 35.5. The van der Waals surface area contributed by atoms with E-state index in [0.29, 0.717) is 10.8 Å². The van der Waals surface area contributed by atoms with Crippen molar-refractivity contribution >= 4 is 11.6 Å². The average molecular weight is 244 g/mol. The molecule has 1 rings (SSSR count). The molecule has 0 aliphatic rings. The fourth-order valence-corrected chi connectivity index (χ4v) is 1.62. The molecule has 1 unspecified atom stereocenters. The molecule has 1 aromatic rings. The van der Waals surface area contributed by atoms with Crippen LogP contribution >= 0.6 is 11.6 Å². The molecule has 0 saturated carbocycles. The van der Waals surface area contributed by atoms with E-state index in [1.165, 1.54) is 0 Å². The predicted octanol–water partition coefficient (Wildman–Crippen LogP) is 2.60. The summed E-state index contributed by atoms with van der Waals surface area (Å²) >= 11 is 6.07. The molecule has 0 aliphatic carbocycles. The van der Waals surface area contributed by atoms with Gasteiger partial charge in [-0.1, -0.05) is 24.6 Å². The third kappa shape index (κ3) is 4.00. The Labute approximate surface area is 101 Å². The molecule has 0 saturated heterocycles. The third-order valence-corrected chi connectivity index (χ3v) is 2.65. The minimum Gasteiger partial charge on any atom is -0.466 e. The Morgan fingerprint density at radius 3 is 2.75 bits per heavy atom. The molecule has 0 aromatic heterocycles. The lowest BCUT2D eigenvalue weighted by atomic mass is 10.0. The van der Waals surface area contributed by atoms with E-state index in [1.807, 2.05) is 18.2 Å². The van der Waals surface area contributed by atoms with Gasteiger partial charge in [-0.05, 0) is 30.5 Å². The van der Waals surface area contributed by atoms with Gasteiger partial charge in [0.2, 0.25) is 0 Å². The molecule has 2 N–H and O–H groups in total. The summed E-state index contributed by atoms with van der Waals surface area (Å²) in [5.74, 6) is 0.636. The number of hydrogen-bond donors (Lipinski definition) is 1. The Hall–Kier alpha value is -0.770. The summed E-state index contributed by atoms with van der Waals surface area (Å²) in [4.78, 5) is 0. The van der Waals surface area contributed by atoms with Gasteiger partial charge in [-0.25, -0.2) is 0 Å². The van der Waals surface area contributed by atoms with Crippen LogP contribution in [-0.4, -0.2) is 19.9 Å². The molecule has 4 heteroatoms. The van der Waals surface area contributed by atoms with E-state index in [2.05, 4.69) is 6.92 Å². The highest BCUT2D eigenvalue weighted by molar-refractivity contribution is 6.32. The molecule has 0 heterocycles. The van der Waals surface area contributed by atoms with Crippen LogP contribution in [0, 0.1) is 0 Å². The first-order valence-electron chi connectivity index (χ1n) is 5.33. The number of hydrogen-bond acceptors (Lipinski definition) is 3. The van der Waals surface area contributed by atoms with Gasteiger partial charge in [0, 0.05) is 13.2 Å². The van der Waals surface area contributed by atoms with Crippen molar-refractivity contribution < 1.29 is 9.47 Å². The Morgan fingerprint density at radius 1 is 1.44 bits per heavy atom. The van der Waals surface area contributed by atoms with Crippen molar-refractivity contribution in [1.82, 2.24) is 0 Å². The molecular weight excluding hydrogens is 226 g/mol. The van der Waals surface area contributed by atoms with E-state index >= 15 is 0 Å². The summed E-state index contributed by atoms with van der Waals surface area (Å²) in [5.41, 5.74) is 7.01. The van der Waals surface area contributed by atoms with Crippen molar-refractivity contribution in [3.8, 4) is 5.75 Å². The van der Waals surface area contributed by atoms with Gasteiger partial charge in [0.15, 0.2) is 6.79 Å². The third-order valence-electron chi connectivity index (χ3n) is 2.35. The van der Waals surface area contributed by atoms with Crippen molar-refractivity contribution in [3.63, 3.8) is 0 Å². The van der Waals surface area contributed by atoms with Gasteiger partial charge in [-0.15, -0.1) is 0 Å². The summed E-state index contributed by atoms with van der Waals surface area (Å²) in [6, 6.07) is 5.90. The van der Waals surface area contributed by atoms with Gasteiger partial charge >= 0.3 is 0 Å². The second kappa shape index (κ2) is 6.74. The largest absolute Gasteiger partial charge is 0.466 e. The van der Waals surface area contributed by atoms with Crippen LogP contribution < -0.4 is 10.5 Å². The molecule has 1 aromatic carbocycles. The highest BCUT2D eigenvalue weighted by Crippen LogP contribution is 2.25. The first kappa shape index (κ1) is 13.3. The van der Waals surface area contributed by atoms with E-state index in [9.17, 15) is 0 Å². The maximum atomic E-state index is 6.07. The van der Waals surface area contributed by atoms with Crippen LogP contribution in [0.25, 0.3) is 0 Å². The molecule has 0 aliphatic heterocycles. The van der Waals surface area contributed by atoms with Gasteiger partial charge in [0.25, 0.3) is 0 Å². The quantitative estimate of drug-likeness (QED) is 0.782. The highest BCUT2D eigenvalue weighted by Gasteiger charge is 2.06. The number of nitrogens with two attached hydrogens (primary N) is 1. The van der Waals surface area contributed by atoms with Crippen LogP contribution in [0.2, 0.25) is 5.02 Å². The maximum Gasteiger partial charge on any atom is 0.188 e. The molecule has 16 heavy (non-hydrogen) atoms. The Morgan fingerprint density at radius 2 is 2.19 bits per heavy atom. The van der Waals surface area contributed by atoms with Gasteiger partial charge in [0.05, 0.1) is 5.02 Å². The molecular formula is C12H18ClNO2. The lowest BCUT2D eigenvalue weighted by Crippen LogP contribution is -2.21. The molecule has 3 nitrogen and oxygen atoms in total. The van der Waals surface area contributed by atoms with Crippen LogP contribution in [0.3, 0.4) is 0 Å². The standard InChI is InChI=1S/C12H18ClNO2/c1-3-10(14)6-9-4-5-12(11(13)7-9)16-8-15-2/h4-5,7,10H,3,6,8,14H2,1-2H3. The zero-order chi connectivity index (χ0) is 12.0. The van der Waals surface area contributed by atoms with Crippen molar-refractivity contribution in [1.29, 1.82) is 0 Å². The molecule has 0 spiro atoms. The minimum atomic E-state index is 0.182. The Balaban J connectivity index is 2.66. The summed E-state index contributed by atoms with van der Waals surface area (Å²) in [5, 5.41) is 0.595. The van der Waals surface area contributed by atoms with Crippen molar-refractivity contribution in [2.75, 3.05) is 13.9 Å². The molecule has 1 atom stereocenters. The average Bonchev–Trinajstić information content (AvgIpc) is 2.28. The summed E-state index contributed by atoms with van der Waals surface area (Å²) in [7, 11) is 1.57. The SMILES string of the molecule is CCC(N)Cc1ccc(OCOC)c(Cl)c1. The lowest BCUT2D eigenvalue weighted by Gasteiger charge is -2.11. The van der Waals surface area contributed by atoms with Crippen LogP contribution in [0.15, 0.2) is 18.2 Å². The maximum absolute atomic E-state index is 6.07. The number of benzene rings is 1. The second-order valence-electron chi connectivity index (χ2n) is 3.69. The van der Waals surface area contributed by atoms with Crippen molar-refractivity contribution in [3.05, 3.63) is 28.8 Å². The van der Waals surface area contributed by atoms with Crippen LogP contribution in [0.5, 0.6) is 5.75 Å². The summed E-state index contributed by atoms with van der Waals surface area (Å²) in [6.45, 7) is 2.27. The van der Waals surface area contributed by atoms with Gasteiger partial charge < -0.3 is 15.2 Å². The van der Waals surface area contributed by atoms with Crippen molar-refractivity contribution in [2.24, 2.45) is 5.73 Å². The first-order valence-corrected chi connectivity index (χ1v) is 5.71. The monoisotopic (exact) mass is 243 g/mol. The topological polar surface area (TPSA) is 44.5 Å². The van der Waals surface area contributed by atoms with E-state index in [1.54, 1.807) is 7.11 Å². The molecule has 0 bridgehead atoms. The first-order chi connectivity index (χ1) is 7.67. The van der Waals surface area contributed by atoms with Gasteiger partial charge in [-0.3, -0.25) is 0 Å². The zero-order valence-corrected chi connectivity index (χ0v) is 10.5. The summed E-state index contributed by atoms with van der Waals surface area (Å²) in [6.07, 6.45) is 1.79. The van der Waals surface area contributed by atoms with Gasteiger partial charge in [-0.2, -0.15) is 0 Å².